The summed E-state index contributed by atoms with van der Waals surface area (Å²) in [5.41, 5.74) is 3.02. The number of halogens is 1. The van der Waals surface area contributed by atoms with Crippen LogP contribution in [0, 0.1) is 12.7 Å². The maximum Gasteiger partial charge on any atom is 0.230 e. The number of hydrogen-bond donors (Lipinski definition) is 1. The SMILES string of the molecule is Cc1ccc(NC(=O)Cc2csc(SCC(=O)c3ccc(F)cc3)n2)cc1. The van der Waals surface area contributed by atoms with Crippen molar-refractivity contribution in [3.8, 4) is 0 Å². The van der Waals surface area contributed by atoms with E-state index in [4.69, 9.17) is 0 Å². The predicted molar refractivity (Wildman–Crippen MR) is 107 cm³/mol. The van der Waals surface area contributed by atoms with Crippen molar-refractivity contribution in [2.24, 2.45) is 0 Å². The van der Waals surface area contributed by atoms with Gasteiger partial charge >= 0.3 is 0 Å². The second-order valence-electron chi connectivity index (χ2n) is 5.91. The summed E-state index contributed by atoms with van der Waals surface area (Å²) in [7, 11) is 0. The summed E-state index contributed by atoms with van der Waals surface area (Å²) in [6, 6.07) is 13.1. The van der Waals surface area contributed by atoms with Crippen LogP contribution in [-0.2, 0) is 11.2 Å². The quantitative estimate of drug-likeness (QED) is 0.459. The zero-order valence-corrected chi connectivity index (χ0v) is 16.2. The van der Waals surface area contributed by atoms with Gasteiger partial charge in [0, 0.05) is 16.6 Å². The molecule has 27 heavy (non-hydrogen) atoms. The fourth-order valence-electron chi connectivity index (χ4n) is 2.29. The Hall–Kier alpha value is -2.51. The number of carbonyl (C=O) groups is 2. The molecule has 0 aliphatic heterocycles. The van der Waals surface area contributed by atoms with Crippen molar-refractivity contribution < 1.29 is 14.0 Å². The monoisotopic (exact) mass is 400 g/mol. The van der Waals surface area contributed by atoms with E-state index in [1.807, 2.05) is 36.6 Å². The van der Waals surface area contributed by atoms with Gasteiger partial charge in [0.05, 0.1) is 17.9 Å². The maximum atomic E-state index is 12.9. The lowest BCUT2D eigenvalue weighted by Gasteiger charge is -2.04. The molecule has 2 aromatic carbocycles. The van der Waals surface area contributed by atoms with Crippen molar-refractivity contribution >= 4 is 40.5 Å². The van der Waals surface area contributed by atoms with Crippen molar-refractivity contribution in [2.45, 2.75) is 17.7 Å². The smallest absolute Gasteiger partial charge is 0.230 e. The topological polar surface area (TPSA) is 59.1 Å². The van der Waals surface area contributed by atoms with Gasteiger partial charge in [-0.3, -0.25) is 9.59 Å². The van der Waals surface area contributed by atoms with Gasteiger partial charge in [-0.15, -0.1) is 11.3 Å². The molecule has 7 heteroatoms. The number of benzene rings is 2. The molecule has 0 radical (unpaired) electrons. The van der Waals surface area contributed by atoms with Gasteiger partial charge in [-0.2, -0.15) is 0 Å². The Balaban J connectivity index is 1.50. The normalized spacial score (nSPS) is 10.6. The van der Waals surface area contributed by atoms with Gasteiger partial charge in [0.2, 0.25) is 5.91 Å². The molecule has 1 amide bonds. The molecule has 0 unspecified atom stereocenters. The molecule has 1 aromatic heterocycles. The molecule has 0 fully saturated rings. The number of nitrogens with zero attached hydrogens (tertiary/aromatic N) is 1. The summed E-state index contributed by atoms with van der Waals surface area (Å²) in [5.74, 6) is -0.377. The van der Waals surface area contributed by atoms with Gasteiger partial charge in [-0.05, 0) is 43.3 Å². The lowest BCUT2D eigenvalue weighted by molar-refractivity contribution is -0.115. The number of rotatable bonds is 7. The average molecular weight is 401 g/mol. The number of hydrogen-bond acceptors (Lipinski definition) is 5. The number of aryl methyl sites for hydroxylation is 1. The largest absolute Gasteiger partial charge is 0.326 e. The predicted octanol–water partition coefficient (Wildman–Crippen LogP) is 4.75. The summed E-state index contributed by atoms with van der Waals surface area (Å²) in [6.45, 7) is 1.99. The van der Waals surface area contributed by atoms with Crippen molar-refractivity contribution in [2.75, 3.05) is 11.1 Å². The molecule has 1 heterocycles. The first-order chi connectivity index (χ1) is 13.0. The number of amides is 1. The lowest BCUT2D eigenvalue weighted by atomic mass is 10.1. The van der Waals surface area contributed by atoms with E-state index >= 15 is 0 Å². The minimum Gasteiger partial charge on any atom is -0.326 e. The van der Waals surface area contributed by atoms with E-state index in [1.54, 1.807) is 0 Å². The molecule has 3 aromatic rings. The summed E-state index contributed by atoms with van der Waals surface area (Å²) in [4.78, 5) is 28.6. The van der Waals surface area contributed by atoms with Gasteiger partial charge in [0.25, 0.3) is 0 Å². The molecule has 138 valence electrons. The van der Waals surface area contributed by atoms with Gasteiger partial charge in [0.15, 0.2) is 10.1 Å². The molecule has 0 aliphatic carbocycles. The van der Waals surface area contributed by atoms with E-state index in [0.29, 0.717) is 11.3 Å². The molecule has 0 spiro atoms. The first-order valence-corrected chi connectivity index (χ1v) is 10.1. The lowest BCUT2D eigenvalue weighted by Crippen LogP contribution is -2.14. The number of nitrogens with one attached hydrogen (secondary N) is 1. The second kappa shape index (κ2) is 8.92. The number of aromatic nitrogens is 1. The highest BCUT2D eigenvalue weighted by Gasteiger charge is 2.11. The van der Waals surface area contributed by atoms with Crippen LogP contribution in [0.15, 0.2) is 58.3 Å². The van der Waals surface area contributed by atoms with Crippen LogP contribution in [0.2, 0.25) is 0 Å². The Bertz CT molecular complexity index is 937. The number of ketones is 1. The molecule has 0 saturated heterocycles. The summed E-state index contributed by atoms with van der Waals surface area (Å²) in [6.07, 6.45) is 0.177. The maximum absolute atomic E-state index is 12.9. The highest BCUT2D eigenvalue weighted by molar-refractivity contribution is 8.01. The van der Waals surface area contributed by atoms with Gasteiger partial charge < -0.3 is 5.32 Å². The van der Waals surface area contributed by atoms with Crippen molar-refractivity contribution in [3.05, 3.63) is 76.5 Å². The first kappa shape index (κ1) is 19.3. The van der Waals surface area contributed by atoms with Crippen LogP contribution in [0.4, 0.5) is 10.1 Å². The van der Waals surface area contributed by atoms with Crippen LogP contribution in [0.1, 0.15) is 21.6 Å². The zero-order chi connectivity index (χ0) is 19.2. The van der Waals surface area contributed by atoms with E-state index in [0.717, 1.165) is 15.6 Å². The molecule has 3 rings (SSSR count). The minimum absolute atomic E-state index is 0.0890. The third kappa shape index (κ3) is 5.74. The van der Waals surface area contributed by atoms with Gasteiger partial charge in [-0.25, -0.2) is 9.37 Å². The van der Waals surface area contributed by atoms with Crippen molar-refractivity contribution in [1.82, 2.24) is 4.98 Å². The molecule has 0 saturated carbocycles. The van der Waals surface area contributed by atoms with E-state index in [9.17, 15) is 14.0 Å². The molecular formula is C20H17FN2O2S2. The molecule has 0 bridgehead atoms. The van der Waals surface area contributed by atoms with Crippen LogP contribution in [-0.4, -0.2) is 22.4 Å². The molecule has 0 atom stereocenters. The second-order valence-corrected chi connectivity index (χ2v) is 8.00. The van der Waals surface area contributed by atoms with Crippen LogP contribution in [0.5, 0.6) is 0 Å². The van der Waals surface area contributed by atoms with Crippen molar-refractivity contribution in [3.63, 3.8) is 0 Å². The standard InChI is InChI=1S/C20H17FN2O2S2/c1-13-2-8-16(9-3-13)22-19(25)10-17-11-26-20(23-17)27-12-18(24)14-4-6-15(21)7-5-14/h2-9,11H,10,12H2,1H3,(H,22,25). The van der Waals surface area contributed by atoms with E-state index < -0.39 is 0 Å². The van der Waals surface area contributed by atoms with Crippen LogP contribution >= 0.6 is 23.1 Å². The molecule has 0 aliphatic rings. The number of thiazole rings is 1. The van der Waals surface area contributed by atoms with Gasteiger partial charge in [-0.1, -0.05) is 29.5 Å². The fraction of sp³-hybridized carbons (Fsp3) is 0.150. The van der Waals surface area contributed by atoms with Crippen LogP contribution in [0.3, 0.4) is 0 Å². The van der Waals surface area contributed by atoms with Gasteiger partial charge in [0.1, 0.15) is 5.82 Å². The Morgan fingerprint density at radius 1 is 1.11 bits per heavy atom. The third-order valence-corrected chi connectivity index (χ3v) is 5.77. The molecule has 1 N–H and O–H groups in total. The number of Topliss-reactive ketones (excluding diaryl/α,β-unsaturated/α-hetero) is 1. The summed E-state index contributed by atoms with van der Waals surface area (Å²) in [5, 5.41) is 4.66. The average Bonchev–Trinajstić information content (AvgIpc) is 3.09. The van der Waals surface area contributed by atoms with Crippen LogP contribution < -0.4 is 5.32 Å². The van der Waals surface area contributed by atoms with E-state index in [-0.39, 0.29) is 29.7 Å². The summed E-state index contributed by atoms with van der Waals surface area (Å²) >= 11 is 2.71. The Morgan fingerprint density at radius 2 is 1.81 bits per heavy atom. The highest BCUT2D eigenvalue weighted by Crippen LogP contribution is 2.24. The zero-order valence-electron chi connectivity index (χ0n) is 14.6. The highest BCUT2D eigenvalue weighted by atomic mass is 32.2. The third-order valence-electron chi connectivity index (χ3n) is 3.70. The Kier molecular flexibility index (Phi) is 6.36. The van der Waals surface area contributed by atoms with Crippen LogP contribution in [0.25, 0.3) is 0 Å². The molecule has 4 nitrogen and oxygen atoms in total. The number of thioether (sulfide) groups is 1. The van der Waals surface area contributed by atoms with Crippen molar-refractivity contribution in [1.29, 1.82) is 0 Å². The number of carbonyl (C=O) groups excluding carboxylic acids is 2. The fourth-order valence-corrected chi connectivity index (χ4v) is 4.03. The first-order valence-electron chi connectivity index (χ1n) is 8.22. The minimum atomic E-state index is -0.368. The summed E-state index contributed by atoms with van der Waals surface area (Å²) < 4.78 is 13.6. The van der Waals surface area contributed by atoms with E-state index in [1.165, 1.54) is 47.4 Å². The molecular weight excluding hydrogens is 383 g/mol. The van der Waals surface area contributed by atoms with E-state index in [2.05, 4.69) is 10.3 Å². The Morgan fingerprint density at radius 3 is 2.52 bits per heavy atom. The number of anilines is 1. The Labute approximate surface area is 164 Å².